The van der Waals surface area contributed by atoms with E-state index in [0.717, 1.165) is 5.56 Å². The molecule has 3 rings (SSSR count). The molecule has 0 atom stereocenters. The molecule has 0 bridgehead atoms. The highest BCUT2D eigenvalue weighted by Crippen LogP contribution is 2.22. The summed E-state index contributed by atoms with van der Waals surface area (Å²) in [6, 6.07) is 5.26. The summed E-state index contributed by atoms with van der Waals surface area (Å²) in [5.74, 6) is -0.494. The molecule has 2 heterocycles. The number of benzene rings is 1. The number of aromatic nitrogens is 3. The molecule has 1 fully saturated rings. The van der Waals surface area contributed by atoms with E-state index < -0.39 is 10.0 Å². The molecule has 0 unspecified atom stereocenters. The third-order valence-corrected chi connectivity index (χ3v) is 7.09. The van der Waals surface area contributed by atoms with Crippen LogP contribution in [0.2, 0.25) is 0 Å². The number of carbonyl (C=O) groups is 2. The van der Waals surface area contributed by atoms with Gasteiger partial charge < -0.3 is 9.80 Å². The van der Waals surface area contributed by atoms with Gasteiger partial charge in [-0.3, -0.25) is 9.59 Å². The number of hydrogen-bond acceptors (Lipinski definition) is 6. The summed E-state index contributed by atoms with van der Waals surface area (Å²) in [7, 11) is -0.348. The molecule has 1 saturated heterocycles. The number of aryl methyl sites for hydroxylation is 2. The number of carbonyl (C=O) groups excluding carboxylic acids is 2. The van der Waals surface area contributed by atoms with Crippen LogP contribution in [0, 0.1) is 13.8 Å². The summed E-state index contributed by atoms with van der Waals surface area (Å²) in [4.78, 5) is 27.7. The second kappa shape index (κ2) is 8.52. The highest BCUT2D eigenvalue weighted by molar-refractivity contribution is 7.89. The lowest BCUT2D eigenvalue weighted by Crippen LogP contribution is -2.50. The molecule has 1 aromatic carbocycles. The molecular weight excluding hydrogens is 408 g/mol. The molecular formula is C19H26N6O4S. The number of hydrogen-bond donors (Lipinski definition) is 0. The Morgan fingerprint density at radius 2 is 1.77 bits per heavy atom. The van der Waals surface area contributed by atoms with Crippen LogP contribution in [-0.4, -0.2) is 89.6 Å². The maximum atomic E-state index is 13.0. The highest BCUT2D eigenvalue weighted by Gasteiger charge is 2.32. The summed E-state index contributed by atoms with van der Waals surface area (Å²) in [5.41, 5.74) is 1.84. The van der Waals surface area contributed by atoms with Crippen LogP contribution in [-0.2, 0) is 21.4 Å². The van der Waals surface area contributed by atoms with Crippen LogP contribution < -0.4 is 0 Å². The number of likely N-dealkylation sites (N-methyl/N-ethyl adjacent to an activating group) is 1. The smallest absolute Gasteiger partial charge is 0.276 e. The Balaban J connectivity index is 1.64. The first-order valence-corrected chi connectivity index (χ1v) is 11.0. The Morgan fingerprint density at radius 3 is 2.37 bits per heavy atom. The molecule has 0 aliphatic carbocycles. The van der Waals surface area contributed by atoms with Crippen LogP contribution in [0.4, 0.5) is 0 Å². The average Bonchev–Trinajstić information content (AvgIpc) is 3.15. The van der Waals surface area contributed by atoms with Crippen LogP contribution in [0.5, 0.6) is 0 Å². The number of rotatable bonds is 5. The summed E-state index contributed by atoms with van der Waals surface area (Å²) in [6.07, 6.45) is 1.43. The molecule has 10 nitrogen and oxygen atoms in total. The van der Waals surface area contributed by atoms with Gasteiger partial charge in [-0.25, -0.2) is 13.1 Å². The highest BCUT2D eigenvalue weighted by atomic mass is 32.2. The van der Waals surface area contributed by atoms with Gasteiger partial charge in [-0.15, -0.1) is 5.10 Å². The SMILES string of the molecule is Cc1ccc(S(=O)(=O)N2CCN(C(=O)c3cn(CC(=O)N(C)C)nn3)CC2)c(C)c1. The van der Waals surface area contributed by atoms with Crippen LogP contribution in [0.3, 0.4) is 0 Å². The molecule has 2 amide bonds. The maximum Gasteiger partial charge on any atom is 0.276 e. The van der Waals surface area contributed by atoms with Crippen molar-refractivity contribution in [3.63, 3.8) is 0 Å². The number of piperazine rings is 1. The van der Waals surface area contributed by atoms with Gasteiger partial charge in [-0.1, -0.05) is 22.9 Å². The first kappa shape index (κ1) is 21.9. The fraction of sp³-hybridized carbons (Fsp3) is 0.474. The van der Waals surface area contributed by atoms with Gasteiger partial charge in [0.15, 0.2) is 5.69 Å². The number of nitrogens with zero attached hydrogens (tertiary/aromatic N) is 6. The van der Waals surface area contributed by atoms with Gasteiger partial charge in [-0.05, 0) is 25.5 Å². The fourth-order valence-electron chi connectivity index (χ4n) is 3.28. The van der Waals surface area contributed by atoms with E-state index in [-0.39, 0.29) is 50.2 Å². The fourth-order valence-corrected chi connectivity index (χ4v) is 4.90. The second-order valence-corrected chi connectivity index (χ2v) is 9.46. The first-order chi connectivity index (χ1) is 14.1. The Bertz CT molecular complexity index is 1050. The van der Waals surface area contributed by atoms with E-state index >= 15 is 0 Å². The largest absolute Gasteiger partial charge is 0.347 e. The predicted octanol–water partition coefficient (Wildman–Crippen LogP) is 0.130. The van der Waals surface area contributed by atoms with Crippen molar-refractivity contribution in [2.45, 2.75) is 25.3 Å². The zero-order valence-corrected chi connectivity index (χ0v) is 18.4. The van der Waals surface area contributed by atoms with Crippen molar-refractivity contribution >= 4 is 21.8 Å². The van der Waals surface area contributed by atoms with E-state index in [4.69, 9.17) is 0 Å². The van der Waals surface area contributed by atoms with E-state index in [9.17, 15) is 18.0 Å². The summed E-state index contributed by atoms with van der Waals surface area (Å²) in [5, 5.41) is 7.69. The molecule has 11 heteroatoms. The topological polar surface area (TPSA) is 109 Å². The second-order valence-electron chi connectivity index (χ2n) is 7.55. The van der Waals surface area contributed by atoms with E-state index in [2.05, 4.69) is 10.3 Å². The third kappa shape index (κ3) is 4.51. The van der Waals surface area contributed by atoms with Crippen LogP contribution in [0.25, 0.3) is 0 Å². The number of sulfonamides is 1. The average molecular weight is 435 g/mol. The van der Waals surface area contributed by atoms with Crippen molar-refractivity contribution in [3.8, 4) is 0 Å². The van der Waals surface area contributed by atoms with E-state index in [1.54, 1.807) is 38.1 Å². The Hall–Kier alpha value is -2.79. The van der Waals surface area contributed by atoms with Gasteiger partial charge in [-0.2, -0.15) is 4.31 Å². The number of amides is 2. The zero-order chi connectivity index (χ0) is 22.1. The van der Waals surface area contributed by atoms with Crippen molar-refractivity contribution in [2.24, 2.45) is 0 Å². The van der Waals surface area contributed by atoms with Crippen molar-refractivity contribution in [1.82, 2.24) is 29.1 Å². The minimum atomic E-state index is -3.62. The van der Waals surface area contributed by atoms with Crippen molar-refractivity contribution in [1.29, 1.82) is 0 Å². The van der Waals surface area contributed by atoms with Gasteiger partial charge in [0, 0.05) is 40.3 Å². The normalized spacial score (nSPS) is 15.3. The van der Waals surface area contributed by atoms with Gasteiger partial charge in [0.1, 0.15) is 6.54 Å². The lowest BCUT2D eigenvalue weighted by Gasteiger charge is -2.33. The van der Waals surface area contributed by atoms with Crippen molar-refractivity contribution in [2.75, 3.05) is 40.3 Å². The lowest BCUT2D eigenvalue weighted by molar-refractivity contribution is -0.129. The monoisotopic (exact) mass is 434 g/mol. The molecule has 0 radical (unpaired) electrons. The molecule has 1 aliphatic rings. The van der Waals surface area contributed by atoms with Gasteiger partial charge >= 0.3 is 0 Å². The van der Waals surface area contributed by atoms with Gasteiger partial charge in [0.05, 0.1) is 11.1 Å². The molecule has 0 N–H and O–H groups in total. The molecule has 1 aromatic heterocycles. The van der Waals surface area contributed by atoms with Crippen LogP contribution in [0.15, 0.2) is 29.3 Å². The minimum Gasteiger partial charge on any atom is -0.347 e. The quantitative estimate of drug-likeness (QED) is 0.662. The summed E-state index contributed by atoms with van der Waals surface area (Å²) < 4.78 is 28.7. The molecule has 0 saturated carbocycles. The van der Waals surface area contributed by atoms with Crippen molar-refractivity contribution in [3.05, 3.63) is 41.2 Å². The van der Waals surface area contributed by atoms with Crippen LogP contribution in [0.1, 0.15) is 21.6 Å². The third-order valence-electron chi connectivity index (χ3n) is 5.03. The van der Waals surface area contributed by atoms with Gasteiger partial charge in [0.2, 0.25) is 15.9 Å². The first-order valence-electron chi connectivity index (χ1n) is 9.56. The molecule has 1 aliphatic heterocycles. The Kier molecular flexibility index (Phi) is 6.22. The predicted molar refractivity (Wildman–Crippen MR) is 109 cm³/mol. The van der Waals surface area contributed by atoms with E-state index in [1.165, 1.54) is 20.1 Å². The van der Waals surface area contributed by atoms with Crippen LogP contribution >= 0.6 is 0 Å². The minimum absolute atomic E-state index is 0.00476. The maximum absolute atomic E-state index is 13.0. The van der Waals surface area contributed by atoms with E-state index in [1.807, 2.05) is 13.0 Å². The Labute approximate surface area is 176 Å². The van der Waals surface area contributed by atoms with Gasteiger partial charge in [0.25, 0.3) is 5.91 Å². The summed E-state index contributed by atoms with van der Waals surface area (Å²) in [6.45, 7) is 4.61. The zero-order valence-electron chi connectivity index (χ0n) is 17.6. The molecule has 30 heavy (non-hydrogen) atoms. The lowest BCUT2D eigenvalue weighted by atomic mass is 10.2. The Morgan fingerprint density at radius 1 is 1.10 bits per heavy atom. The van der Waals surface area contributed by atoms with Crippen molar-refractivity contribution < 1.29 is 18.0 Å². The molecule has 0 spiro atoms. The molecule has 162 valence electrons. The standard InChI is InChI=1S/C19H26N6O4S/c1-14-5-6-17(15(2)11-14)30(28,29)25-9-7-23(8-10-25)19(27)16-12-24(21-20-16)13-18(26)22(3)4/h5-6,11-12H,7-10,13H2,1-4H3. The molecule has 2 aromatic rings. The van der Waals surface area contributed by atoms with E-state index in [0.29, 0.717) is 10.5 Å². The summed E-state index contributed by atoms with van der Waals surface area (Å²) >= 11 is 0.